The number of nitrogens with one attached hydrogen (secondary N) is 1. The second-order valence-corrected chi connectivity index (χ2v) is 5.74. The molecule has 0 bridgehead atoms. The number of carbonyl (C=O) groups is 1. The maximum atomic E-state index is 12.1. The highest BCUT2D eigenvalue weighted by Gasteiger charge is 2.18. The fourth-order valence-corrected chi connectivity index (χ4v) is 2.64. The van der Waals surface area contributed by atoms with Gasteiger partial charge in [-0.1, -0.05) is 33.1 Å². The van der Waals surface area contributed by atoms with Crippen LogP contribution >= 0.6 is 0 Å². The Morgan fingerprint density at radius 2 is 2.22 bits per heavy atom. The Labute approximate surface area is 112 Å². The molecule has 0 saturated carbocycles. The van der Waals surface area contributed by atoms with Crippen molar-refractivity contribution in [2.24, 2.45) is 5.92 Å². The third-order valence-electron chi connectivity index (χ3n) is 4.01. The summed E-state index contributed by atoms with van der Waals surface area (Å²) >= 11 is 0. The lowest BCUT2D eigenvalue weighted by atomic mass is 10.0. The van der Waals surface area contributed by atoms with Gasteiger partial charge >= 0.3 is 0 Å². The van der Waals surface area contributed by atoms with Crippen LogP contribution < -0.4 is 5.32 Å². The van der Waals surface area contributed by atoms with Gasteiger partial charge < -0.3 is 10.2 Å². The van der Waals surface area contributed by atoms with Gasteiger partial charge in [0.15, 0.2) is 0 Å². The van der Waals surface area contributed by atoms with Crippen molar-refractivity contribution < 1.29 is 4.79 Å². The minimum absolute atomic E-state index is 0.189. The van der Waals surface area contributed by atoms with E-state index in [2.05, 4.69) is 19.2 Å². The Bertz CT molecular complexity index is 237. The van der Waals surface area contributed by atoms with Crippen molar-refractivity contribution in [3.05, 3.63) is 0 Å². The SMILES string of the molecule is CCCCC(C)C(=O)N(C)CCC1CCCCN1. The minimum atomic E-state index is 0.189. The summed E-state index contributed by atoms with van der Waals surface area (Å²) in [4.78, 5) is 14.1. The average molecular weight is 254 g/mol. The Morgan fingerprint density at radius 3 is 2.83 bits per heavy atom. The van der Waals surface area contributed by atoms with Gasteiger partial charge in [0.2, 0.25) is 5.91 Å². The number of amides is 1. The molecule has 0 aromatic carbocycles. The lowest BCUT2D eigenvalue weighted by molar-refractivity contribution is -0.134. The summed E-state index contributed by atoms with van der Waals surface area (Å²) in [5, 5.41) is 3.54. The van der Waals surface area contributed by atoms with E-state index in [-0.39, 0.29) is 5.92 Å². The van der Waals surface area contributed by atoms with Gasteiger partial charge in [-0.25, -0.2) is 0 Å². The smallest absolute Gasteiger partial charge is 0.225 e. The highest BCUT2D eigenvalue weighted by molar-refractivity contribution is 5.78. The first-order valence-electron chi connectivity index (χ1n) is 7.63. The van der Waals surface area contributed by atoms with Crippen LogP contribution in [0.25, 0.3) is 0 Å². The monoisotopic (exact) mass is 254 g/mol. The van der Waals surface area contributed by atoms with Crippen LogP contribution in [0, 0.1) is 5.92 Å². The number of unbranched alkanes of at least 4 members (excludes halogenated alkanes) is 1. The molecule has 0 aliphatic carbocycles. The van der Waals surface area contributed by atoms with E-state index in [4.69, 9.17) is 0 Å². The molecule has 0 aromatic rings. The fourth-order valence-electron chi connectivity index (χ4n) is 2.64. The topological polar surface area (TPSA) is 32.3 Å². The Kier molecular flexibility index (Phi) is 7.33. The number of hydrogen-bond donors (Lipinski definition) is 1. The van der Waals surface area contributed by atoms with Crippen molar-refractivity contribution in [1.29, 1.82) is 0 Å². The van der Waals surface area contributed by atoms with Crippen molar-refractivity contribution in [3.8, 4) is 0 Å². The number of rotatable bonds is 7. The molecule has 1 aliphatic heterocycles. The van der Waals surface area contributed by atoms with Crippen molar-refractivity contribution in [2.75, 3.05) is 20.1 Å². The van der Waals surface area contributed by atoms with E-state index in [1.54, 1.807) is 0 Å². The van der Waals surface area contributed by atoms with E-state index < -0.39 is 0 Å². The number of hydrogen-bond acceptors (Lipinski definition) is 2. The molecule has 1 fully saturated rings. The number of piperidine rings is 1. The zero-order valence-corrected chi connectivity index (χ0v) is 12.4. The summed E-state index contributed by atoms with van der Waals surface area (Å²) in [7, 11) is 1.95. The molecule has 0 spiro atoms. The molecule has 3 heteroatoms. The molecule has 106 valence electrons. The second kappa shape index (κ2) is 8.52. The van der Waals surface area contributed by atoms with Gasteiger partial charge in [-0.05, 0) is 32.2 Å². The molecule has 1 amide bonds. The first-order chi connectivity index (χ1) is 8.65. The summed E-state index contributed by atoms with van der Waals surface area (Å²) in [6.07, 6.45) is 8.37. The normalized spacial score (nSPS) is 21.6. The van der Waals surface area contributed by atoms with Gasteiger partial charge in [-0.2, -0.15) is 0 Å². The molecule has 0 aromatic heterocycles. The molecule has 1 saturated heterocycles. The van der Waals surface area contributed by atoms with Crippen LogP contribution in [0.2, 0.25) is 0 Å². The first kappa shape index (κ1) is 15.5. The quantitative estimate of drug-likeness (QED) is 0.757. The summed E-state index contributed by atoms with van der Waals surface area (Å²) in [6, 6.07) is 0.625. The fraction of sp³-hybridized carbons (Fsp3) is 0.933. The third kappa shape index (κ3) is 5.38. The van der Waals surface area contributed by atoms with Gasteiger partial charge in [0.25, 0.3) is 0 Å². The van der Waals surface area contributed by atoms with E-state index in [1.807, 2.05) is 11.9 Å². The standard InChI is InChI=1S/C15H30N2O/c1-4-5-8-13(2)15(18)17(3)12-10-14-9-6-7-11-16-14/h13-14,16H,4-12H2,1-3H3. The van der Waals surface area contributed by atoms with E-state index in [0.29, 0.717) is 11.9 Å². The van der Waals surface area contributed by atoms with E-state index in [9.17, 15) is 4.79 Å². The second-order valence-electron chi connectivity index (χ2n) is 5.74. The van der Waals surface area contributed by atoms with Crippen LogP contribution in [0.15, 0.2) is 0 Å². The molecular formula is C15H30N2O. The Balaban J connectivity index is 2.21. The zero-order chi connectivity index (χ0) is 13.4. The Morgan fingerprint density at radius 1 is 1.44 bits per heavy atom. The molecular weight excluding hydrogens is 224 g/mol. The van der Waals surface area contributed by atoms with Crippen molar-refractivity contribution in [3.63, 3.8) is 0 Å². The van der Waals surface area contributed by atoms with Crippen LogP contribution in [0.5, 0.6) is 0 Å². The van der Waals surface area contributed by atoms with Crippen molar-refractivity contribution in [2.45, 2.75) is 64.8 Å². The molecule has 2 unspecified atom stereocenters. The predicted octanol–water partition coefficient (Wildman–Crippen LogP) is 2.80. The van der Waals surface area contributed by atoms with Gasteiger partial charge in [0.05, 0.1) is 0 Å². The van der Waals surface area contributed by atoms with Crippen LogP contribution in [0.3, 0.4) is 0 Å². The lowest BCUT2D eigenvalue weighted by Crippen LogP contribution is -2.39. The van der Waals surface area contributed by atoms with Gasteiger partial charge in [0.1, 0.15) is 0 Å². The van der Waals surface area contributed by atoms with Gasteiger partial charge in [0, 0.05) is 25.6 Å². The highest BCUT2D eigenvalue weighted by atomic mass is 16.2. The van der Waals surface area contributed by atoms with Crippen LogP contribution in [0.1, 0.15) is 58.8 Å². The van der Waals surface area contributed by atoms with Crippen LogP contribution in [0.4, 0.5) is 0 Å². The summed E-state index contributed by atoms with van der Waals surface area (Å²) < 4.78 is 0. The van der Waals surface area contributed by atoms with Crippen LogP contribution in [-0.2, 0) is 4.79 Å². The van der Waals surface area contributed by atoms with Crippen molar-refractivity contribution in [1.82, 2.24) is 10.2 Å². The largest absolute Gasteiger partial charge is 0.345 e. The molecule has 3 nitrogen and oxygen atoms in total. The Hall–Kier alpha value is -0.570. The first-order valence-corrected chi connectivity index (χ1v) is 7.63. The third-order valence-corrected chi connectivity index (χ3v) is 4.01. The predicted molar refractivity (Wildman–Crippen MR) is 76.6 cm³/mol. The van der Waals surface area contributed by atoms with Crippen LogP contribution in [-0.4, -0.2) is 37.0 Å². The molecule has 18 heavy (non-hydrogen) atoms. The van der Waals surface area contributed by atoms with Gasteiger partial charge in [-0.15, -0.1) is 0 Å². The molecule has 0 radical (unpaired) electrons. The van der Waals surface area contributed by atoms with Crippen molar-refractivity contribution >= 4 is 5.91 Å². The highest BCUT2D eigenvalue weighted by Crippen LogP contribution is 2.13. The maximum absolute atomic E-state index is 12.1. The summed E-state index contributed by atoms with van der Waals surface area (Å²) in [6.45, 7) is 6.28. The molecule has 1 rings (SSSR count). The van der Waals surface area contributed by atoms with Gasteiger partial charge in [-0.3, -0.25) is 4.79 Å². The lowest BCUT2D eigenvalue weighted by Gasteiger charge is -2.27. The summed E-state index contributed by atoms with van der Waals surface area (Å²) in [5.74, 6) is 0.508. The van der Waals surface area contributed by atoms with E-state index in [1.165, 1.54) is 25.7 Å². The molecule has 1 heterocycles. The van der Waals surface area contributed by atoms with E-state index in [0.717, 1.165) is 32.4 Å². The minimum Gasteiger partial charge on any atom is -0.345 e. The summed E-state index contributed by atoms with van der Waals surface area (Å²) in [5.41, 5.74) is 0. The number of nitrogens with zero attached hydrogens (tertiary/aromatic N) is 1. The maximum Gasteiger partial charge on any atom is 0.225 e. The average Bonchev–Trinajstić information content (AvgIpc) is 2.42. The molecule has 1 N–H and O–H groups in total. The number of carbonyl (C=O) groups excluding carboxylic acids is 1. The van der Waals surface area contributed by atoms with E-state index >= 15 is 0 Å². The zero-order valence-electron chi connectivity index (χ0n) is 12.4. The molecule has 2 atom stereocenters. The molecule has 1 aliphatic rings.